The molecule has 1 aromatic rings. The highest BCUT2D eigenvalue weighted by atomic mass is 19.1. The molecular weight excluding hydrogens is 195 g/mol. The van der Waals surface area contributed by atoms with Crippen molar-refractivity contribution in [2.75, 3.05) is 18.4 Å². The molecule has 5 heteroatoms. The van der Waals surface area contributed by atoms with Crippen molar-refractivity contribution in [2.45, 2.75) is 0 Å². The molecule has 1 aromatic carbocycles. The maximum Gasteiger partial charge on any atom is 0.195 e. The highest BCUT2D eigenvalue weighted by Crippen LogP contribution is 2.13. The highest BCUT2D eigenvalue weighted by molar-refractivity contribution is 5.94. The largest absolute Gasteiger partial charge is 0.354 e. The van der Waals surface area contributed by atoms with Crippen LogP contribution in [0.2, 0.25) is 0 Å². The van der Waals surface area contributed by atoms with Gasteiger partial charge in [0.25, 0.3) is 0 Å². The first-order chi connectivity index (χ1) is 7.29. The number of anilines is 1. The molecule has 0 atom stereocenters. The van der Waals surface area contributed by atoms with Crippen molar-refractivity contribution < 1.29 is 4.39 Å². The van der Waals surface area contributed by atoms with Crippen LogP contribution in [-0.4, -0.2) is 19.0 Å². The summed E-state index contributed by atoms with van der Waals surface area (Å²) < 4.78 is 13.0. The first-order valence-electron chi connectivity index (χ1n) is 4.54. The highest BCUT2D eigenvalue weighted by Gasteiger charge is 2.07. The molecule has 0 saturated carbocycles. The molecule has 0 radical (unpaired) electrons. The van der Waals surface area contributed by atoms with Crippen LogP contribution in [0, 0.1) is 17.1 Å². The number of benzene rings is 1. The van der Waals surface area contributed by atoms with Gasteiger partial charge in [0.15, 0.2) is 5.96 Å². The Balaban J connectivity index is 2.19. The second-order valence-electron chi connectivity index (χ2n) is 3.09. The van der Waals surface area contributed by atoms with E-state index in [1.165, 1.54) is 12.1 Å². The van der Waals surface area contributed by atoms with E-state index in [-0.39, 0.29) is 5.56 Å². The summed E-state index contributed by atoms with van der Waals surface area (Å²) in [5.74, 6) is 0.148. The Hall–Kier alpha value is -2.09. The van der Waals surface area contributed by atoms with Crippen molar-refractivity contribution in [1.29, 1.82) is 5.26 Å². The summed E-state index contributed by atoms with van der Waals surface area (Å²) in [5.41, 5.74) is 0.680. The number of rotatable bonds is 1. The number of hydrogen-bond donors (Lipinski definition) is 2. The zero-order chi connectivity index (χ0) is 10.7. The van der Waals surface area contributed by atoms with E-state index in [1.54, 1.807) is 12.1 Å². The van der Waals surface area contributed by atoms with Crippen LogP contribution >= 0.6 is 0 Å². The molecule has 0 fully saturated rings. The molecule has 76 valence electrons. The number of nitrogens with zero attached hydrogens (tertiary/aromatic N) is 2. The van der Waals surface area contributed by atoms with E-state index < -0.39 is 5.82 Å². The van der Waals surface area contributed by atoms with Crippen LogP contribution in [0.4, 0.5) is 10.1 Å². The summed E-state index contributed by atoms with van der Waals surface area (Å²) in [6.07, 6.45) is 0. The lowest BCUT2D eigenvalue weighted by Gasteiger charge is -2.06. The van der Waals surface area contributed by atoms with Gasteiger partial charge in [0, 0.05) is 12.2 Å². The second kappa shape index (κ2) is 3.96. The minimum Gasteiger partial charge on any atom is -0.354 e. The Labute approximate surface area is 86.4 Å². The van der Waals surface area contributed by atoms with Crippen molar-refractivity contribution in [3.63, 3.8) is 0 Å². The Bertz CT molecular complexity index is 447. The average molecular weight is 204 g/mol. The van der Waals surface area contributed by atoms with Crippen molar-refractivity contribution in [3.8, 4) is 6.07 Å². The maximum absolute atomic E-state index is 13.0. The molecule has 1 aliphatic heterocycles. The van der Waals surface area contributed by atoms with Crippen LogP contribution in [0.15, 0.2) is 23.2 Å². The molecule has 0 unspecified atom stereocenters. The maximum atomic E-state index is 13.0. The number of nitrogens with one attached hydrogen (secondary N) is 2. The zero-order valence-electron chi connectivity index (χ0n) is 7.92. The first kappa shape index (κ1) is 9.46. The minimum absolute atomic E-state index is 0.0265. The fourth-order valence-corrected chi connectivity index (χ4v) is 1.31. The van der Waals surface area contributed by atoms with Gasteiger partial charge in [-0.25, -0.2) is 4.39 Å². The Morgan fingerprint density at radius 1 is 1.53 bits per heavy atom. The van der Waals surface area contributed by atoms with Gasteiger partial charge in [-0.2, -0.15) is 5.26 Å². The lowest BCUT2D eigenvalue weighted by atomic mass is 10.2. The lowest BCUT2D eigenvalue weighted by Crippen LogP contribution is -2.26. The topological polar surface area (TPSA) is 60.2 Å². The monoisotopic (exact) mass is 204 g/mol. The molecule has 0 spiro atoms. The quantitative estimate of drug-likeness (QED) is 0.719. The van der Waals surface area contributed by atoms with Gasteiger partial charge in [-0.3, -0.25) is 4.99 Å². The molecule has 2 N–H and O–H groups in total. The third-order valence-electron chi connectivity index (χ3n) is 2.02. The number of hydrogen-bond acceptors (Lipinski definition) is 4. The molecule has 0 amide bonds. The van der Waals surface area contributed by atoms with Crippen LogP contribution in [0.5, 0.6) is 0 Å². The van der Waals surface area contributed by atoms with E-state index in [4.69, 9.17) is 5.26 Å². The summed E-state index contributed by atoms with van der Waals surface area (Å²) >= 11 is 0. The molecule has 15 heavy (non-hydrogen) atoms. The van der Waals surface area contributed by atoms with E-state index in [2.05, 4.69) is 15.6 Å². The fourth-order valence-electron chi connectivity index (χ4n) is 1.31. The van der Waals surface area contributed by atoms with E-state index >= 15 is 0 Å². The van der Waals surface area contributed by atoms with Gasteiger partial charge in [-0.15, -0.1) is 0 Å². The number of nitriles is 1. The molecule has 1 heterocycles. The first-order valence-corrected chi connectivity index (χ1v) is 4.54. The molecule has 0 aliphatic carbocycles. The lowest BCUT2D eigenvalue weighted by molar-refractivity contribution is 0.624. The molecule has 4 nitrogen and oxygen atoms in total. The van der Waals surface area contributed by atoms with Crippen molar-refractivity contribution in [3.05, 3.63) is 29.6 Å². The van der Waals surface area contributed by atoms with E-state index in [9.17, 15) is 4.39 Å². The molecule has 0 aromatic heterocycles. The molecule has 0 saturated heterocycles. The summed E-state index contributed by atoms with van der Waals surface area (Å²) in [4.78, 5) is 4.13. The fraction of sp³-hybridized carbons (Fsp3) is 0.200. The van der Waals surface area contributed by atoms with Gasteiger partial charge < -0.3 is 10.6 Å². The minimum atomic E-state index is -0.510. The van der Waals surface area contributed by atoms with Crippen LogP contribution < -0.4 is 10.6 Å². The SMILES string of the molecule is N#Cc1cc(NC2=NCCN2)ccc1F. The summed E-state index contributed by atoms with van der Waals surface area (Å²) in [6, 6.07) is 6.07. The van der Waals surface area contributed by atoms with Crippen LogP contribution in [0.25, 0.3) is 0 Å². The third-order valence-corrected chi connectivity index (χ3v) is 2.02. The number of aliphatic imine (C=N–C) groups is 1. The zero-order valence-corrected chi connectivity index (χ0v) is 7.92. The smallest absolute Gasteiger partial charge is 0.195 e. The van der Waals surface area contributed by atoms with E-state index in [0.717, 1.165) is 13.1 Å². The van der Waals surface area contributed by atoms with Crippen LogP contribution in [0.1, 0.15) is 5.56 Å². The normalized spacial score (nSPS) is 14.0. The van der Waals surface area contributed by atoms with Gasteiger partial charge >= 0.3 is 0 Å². The van der Waals surface area contributed by atoms with Crippen molar-refractivity contribution >= 4 is 11.6 Å². The van der Waals surface area contributed by atoms with Gasteiger partial charge in [0.2, 0.25) is 0 Å². The van der Waals surface area contributed by atoms with Crippen LogP contribution in [-0.2, 0) is 0 Å². The summed E-state index contributed by atoms with van der Waals surface area (Å²) in [5, 5.41) is 14.6. The number of halogens is 1. The van der Waals surface area contributed by atoms with Crippen molar-refractivity contribution in [2.24, 2.45) is 4.99 Å². The van der Waals surface area contributed by atoms with Gasteiger partial charge in [-0.05, 0) is 18.2 Å². The number of guanidine groups is 1. The molecular formula is C10H9FN4. The average Bonchev–Trinajstić information content (AvgIpc) is 2.73. The van der Waals surface area contributed by atoms with Gasteiger partial charge in [0.05, 0.1) is 12.1 Å². The Kier molecular flexibility index (Phi) is 2.50. The summed E-state index contributed by atoms with van der Waals surface area (Å²) in [6.45, 7) is 1.53. The van der Waals surface area contributed by atoms with Gasteiger partial charge in [-0.1, -0.05) is 0 Å². The predicted octanol–water partition coefficient (Wildman–Crippen LogP) is 1.07. The molecule has 0 bridgehead atoms. The van der Waals surface area contributed by atoms with Crippen LogP contribution in [0.3, 0.4) is 0 Å². The van der Waals surface area contributed by atoms with E-state index in [1.807, 2.05) is 0 Å². The Morgan fingerprint density at radius 3 is 3.07 bits per heavy atom. The van der Waals surface area contributed by atoms with E-state index in [0.29, 0.717) is 11.6 Å². The molecule has 1 aliphatic rings. The predicted molar refractivity (Wildman–Crippen MR) is 55.0 cm³/mol. The third kappa shape index (κ3) is 2.05. The van der Waals surface area contributed by atoms with Crippen molar-refractivity contribution in [1.82, 2.24) is 5.32 Å². The standard InChI is InChI=1S/C10H9FN4/c11-9-2-1-8(5-7(9)6-12)15-10-13-3-4-14-10/h1-2,5H,3-4H2,(H2,13,14,15). The second-order valence-corrected chi connectivity index (χ2v) is 3.09. The Morgan fingerprint density at radius 2 is 2.40 bits per heavy atom. The van der Waals surface area contributed by atoms with Gasteiger partial charge in [0.1, 0.15) is 11.9 Å². The molecule has 2 rings (SSSR count). The summed E-state index contributed by atoms with van der Waals surface area (Å²) in [7, 11) is 0.